The van der Waals surface area contributed by atoms with Gasteiger partial charge >= 0.3 is 6.36 Å². The molecule has 2 aromatic carbocycles. The van der Waals surface area contributed by atoms with Gasteiger partial charge in [0.25, 0.3) is 0 Å². The summed E-state index contributed by atoms with van der Waals surface area (Å²) in [7, 11) is -2.44. The molecule has 7 nitrogen and oxygen atoms in total. The fourth-order valence-corrected chi connectivity index (χ4v) is 3.38. The van der Waals surface area contributed by atoms with E-state index in [4.69, 9.17) is 16.3 Å². The second kappa shape index (κ2) is 8.78. The molecule has 12 heteroatoms. The topological polar surface area (TPSA) is 84.9 Å². The fraction of sp³-hybridized carbons (Fsp3) is 0.235. The highest BCUT2D eigenvalue weighted by molar-refractivity contribution is 7.92. The highest BCUT2D eigenvalue weighted by Crippen LogP contribution is 2.30. The highest BCUT2D eigenvalue weighted by Gasteiger charge is 2.31. The zero-order chi connectivity index (χ0) is 21.8. The van der Waals surface area contributed by atoms with E-state index in [1.165, 1.54) is 37.4 Å². The minimum absolute atomic E-state index is 0.141. The van der Waals surface area contributed by atoms with Crippen LogP contribution in [0.2, 0.25) is 5.02 Å². The maximum Gasteiger partial charge on any atom is 0.573 e. The van der Waals surface area contributed by atoms with Gasteiger partial charge in [0.05, 0.1) is 24.1 Å². The van der Waals surface area contributed by atoms with E-state index in [2.05, 4.69) is 10.1 Å². The van der Waals surface area contributed by atoms with Gasteiger partial charge in [0.15, 0.2) is 0 Å². The lowest BCUT2D eigenvalue weighted by Gasteiger charge is -2.22. The third-order valence-electron chi connectivity index (χ3n) is 3.48. The van der Waals surface area contributed by atoms with Crippen molar-refractivity contribution in [3.63, 3.8) is 0 Å². The number of halogens is 4. The zero-order valence-electron chi connectivity index (χ0n) is 15.2. The summed E-state index contributed by atoms with van der Waals surface area (Å²) in [6, 6.07) is 8.61. The number of sulfonamides is 1. The smallest absolute Gasteiger partial charge is 0.495 e. The lowest BCUT2D eigenvalue weighted by Crippen LogP contribution is -2.37. The van der Waals surface area contributed by atoms with Crippen LogP contribution in [-0.4, -0.2) is 40.6 Å². The predicted molar refractivity (Wildman–Crippen MR) is 102 cm³/mol. The quantitative estimate of drug-likeness (QED) is 0.693. The monoisotopic (exact) mass is 452 g/mol. The average molecular weight is 453 g/mol. The van der Waals surface area contributed by atoms with Gasteiger partial charge in [0.2, 0.25) is 15.9 Å². The highest BCUT2D eigenvalue weighted by atomic mass is 35.5. The zero-order valence-corrected chi connectivity index (χ0v) is 16.7. The number of hydrogen-bond donors (Lipinski definition) is 1. The van der Waals surface area contributed by atoms with E-state index in [0.29, 0.717) is 5.75 Å². The molecule has 1 amide bonds. The van der Waals surface area contributed by atoms with Gasteiger partial charge in [0.1, 0.15) is 18.0 Å². The van der Waals surface area contributed by atoms with Crippen molar-refractivity contribution in [3.8, 4) is 11.5 Å². The Kier molecular flexibility index (Phi) is 6.85. The molecule has 0 aliphatic rings. The number of carbonyl (C=O) groups is 1. The van der Waals surface area contributed by atoms with Crippen LogP contribution in [0.3, 0.4) is 0 Å². The summed E-state index contributed by atoms with van der Waals surface area (Å²) in [4.78, 5) is 12.3. The molecule has 0 heterocycles. The molecule has 0 aliphatic heterocycles. The lowest BCUT2D eigenvalue weighted by molar-refractivity contribution is -0.274. The number of alkyl halides is 3. The minimum Gasteiger partial charge on any atom is -0.495 e. The van der Waals surface area contributed by atoms with Gasteiger partial charge in [-0.25, -0.2) is 8.42 Å². The number of ether oxygens (including phenoxy) is 2. The number of nitrogens with zero attached hydrogens (tertiary/aromatic N) is 1. The Bertz CT molecular complexity index is 982. The standard InChI is InChI=1S/C17H16ClF3N2O5S/c1-27-15-8-5-12(9-14(15)18)23(29(2,25)26)10-16(24)22-11-3-6-13(7-4-11)28-17(19,20)21/h3-9H,10H2,1-2H3,(H,22,24). The van der Waals surface area contributed by atoms with Gasteiger partial charge in [-0.2, -0.15) is 0 Å². The van der Waals surface area contributed by atoms with Gasteiger partial charge in [0, 0.05) is 5.69 Å². The number of amides is 1. The molecule has 1 N–H and O–H groups in total. The second-order valence-corrected chi connectivity index (χ2v) is 8.02. The lowest BCUT2D eigenvalue weighted by atomic mass is 10.3. The largest absolute Gasteiger partial charge is 0.573 e. The van der Waals surface area contributed by atoms with Gasteiger partial charge in [-0.1, -0.05) is 11.6 Å². The number of hydrogen-bond acceptors (Lipinski definition) is 5. The Morgan fingerprint density at radius 1 is 1.17 bits per heavy atom. The maximum atomic E-state index is 12.3. The van der Waals surface area contributed by atoms with Crippen molar-refractivity contribution in [1.29, 1.82) is 0 Å². The van der Waals surface area contributed by atoms with E-state index in [9.17, 15) is 26.4 Å². The molecule has 0 fully saturated rings. The average Bonchev–Trinajstić information content (AvgIpc) is 2.59. The molecule has 0 aromatic heterocycles. The van der Waals surface area contributed by atoms with Crippen molar-refractivity contribution < 1.29 is 35.9 Å². The number of carbonyl (C=O) groups excluding carboxylic acids is 1. The summed E-state index contributed by atoms with van der Waals surface area (Å²) in [5.41, 5.74) is 0.299. The van der Waals surface area contributed by atoms with E-state index < -0.39 is 34.6 Å². The first-order chi connectivity index (χ1) is 13.4. The van der Waals surface area contributed by atoms with Crippen molar-refractivity contribution in [1.82, 2.24) is 0 Å². The molecular formula is C17H16ClF3N2O5S. The normalized spacial score (nSPS) is 11.7. The van der Waals surface area contributed by atoms with Crippen molar-refractivity contribution in [2.75, 3.05) is 29.5 Å². The number of rotatable bonds is 7. The molecule has 2 aromatic rings. The summed E-state index contributed by atoms with van der Waals surface area (Å²) in [5, 5.41) is 2.55. The second-order valence-electron chi connectivity index (χ2n) is 5.71. The van der Waals surface area contributed by atoms with Gasteiger partial charge in [-0.15, -0.1) is 13.2 Å². The summed E-state index contributed by atoms with van der Waals surface area (Å²) >= 11 is 6.01. The first-order valence-electron chi connectivity index (χ1n) is 7.86. The molecule has 158 valence electrons. The molecule has 0 aliphatic carbocycles. The molecular weight excluding hydrogens is 437 g/mol. The van der Waals surface area contributed by atoms with Gasteiger partial charge < -0.3 is 14.8 Å². The Hall–Kier alpha value is -2.66. The molecule has 29 heavy (non-hydrogen) atoms. The molecule has 0 saturated heterocycles. The van der Waals surface area contributed by atoms with Crippen LogP contribution in [0, 0.1) is 0 Å². The van der Waals surface area contributed by atoms with E-state index >= 15 is 0 Å². The minimum atomic E-state index is -4.83. The molecule has 0 spiro atoms. The van der Waals surface area contributed by atoms with Crippen LogP contribution in [-0.2, 0) is 14.8 Å². The Labute approximate surface area is 170 Å². The number of methoxy groups -OCH3 is 1. The number of anilines is 2. The number of benzene rings is 2. The molecule has 0 unspecified atom stereocenters. The van der Waals surface area contributed by atoms with Crippen LogP contribution in [0.25, 0.3) is 0 Å². The number of nitrogens with one attached hydrogen (secondary N) is 1. The SMILES string of the molecule is COc1ccc(N(CC(=O)Nc2ccc(OC(F)(F)F)cc2)S(C)(=O)=O)cc1Cl. The van der Waals surface area contributed by atoms with Crippen LogP contribution < -0.4 is 19.1 Å². The van der Waals surface area contributed by atoms with Crippen LogP contribution in [0.15, 0.2) is 42.5 Å². The van der Waals surface area contributed by atoms with E-state index in [1.807, 2.05) is 0 Å². The molecule has 2 rings (SSSR count). The van der Waals surface area contributed by atoms with Crippen molar-refractivity contribution in [2.24, 2.45) is 0 Å². The summed E-state index contributed by atoms with van der Waals surface area (Å²) in [6.07, 6.45) is -3.91. The Balaban J connectivity index is 2.14. The summed E-state index contributed by atoms with van der Waals surface area (Å²) in [6.45, 7) is -0.581. The summed E-state index contributed by atoms with van der Waals surface area (Å²) < 4.78 is 70.3. The fourth-order valence-electron chi connectivity index (χ4n) is 2.28. The molecule has 0 saturated carbocycles. The van der Waals surface area contributed by atoms with Crippen molar-refractivity contribution in [2.45, 2.75) is 6.36 Å². The van der Waals surface area contributed by atoms with Gasteiger partial charge in [-0.05, 0) is 42.5 Å². The molecule has 0 radical (unpaired) electrons. The van der Waals surface area contributed by atoms with Crippen molar-refractivity contribution >= 4 is 38.9 Å². The molecule has 0 bridgehead atoms. The van der Waals surface area contributed by atoms with E-state index in [0.717, 1.165) is 22.7 Å². The third-order valence-corrected chi connectivity index (χ3v) is 4.92. The third kappa shape index (κ3) is 6.71. The van der Waals surface area contributed by atoms with E-state index in [1.54, 1.807) is 0 Å². The van der Waals surface area contributed by atoms with Crippen LogP contribution in [0.5, 0.6) is 11.5 Å². The predicted octanol–water partition coefficient (Wildman–Crippen LogP) is 3.65. The first kappa shape index (κ1) is 22.6. The Morgan fingerprint density at radius 3 is 2.28 bits per heavy atom. The van der Waals surface area contributed by atoms with Crippen molar-refractivity contribution in [3.05, 3.63) is 47.5 Å². The first-order valence-corrected chi connectivity index (χ1v) is 10.1. The van der Waals surface area contributed by atoms with Gasteiger partial charge in [-0.3, -0.25) is 9.10 Å². The van der Waals surface area contributed by atoms with E-state index in [-0.39, 0.29) is 16.4 Å². The van der Waals surface area contributed by atoms with Crippen LogP contribution >= 0.6 is 11.6 Å². The van der Waals surface area contributed by atoms with Crippen LogP contribution in [0.1, 0.15) is 0 Å². The summed E-state index contributed by atoms with van der Waals surface area (Å²) in [5.74, 6) is -0.845. The Morgan fingerprint density at radius 2 is 1.79 bits per heavy atom. The van der Waals surface area contributed by atoms with Crippen LogP contribution in [0.4, 0.5) is 24.5 Å². The molecule has 0 atom stereocenters. The maximum absolute atomic E-state index is 12.3.